The number of benzene rings is 1. The minimum Gasteiger partial charge on any atom is -0.339 e. The van der Waals surface area contributed by atoms with Gasteiger partial charge in [0, 0.05) is 25.3 Å². The molecule has 1 fully saturated rings. The van der Waals surface area contributed by atoms with Crippen molar-refractivity contribution in [2.75, 3.05) is 30.0 Å². The van der Waals surface area contributed by atoms with E-state index in [0.29, 0.717) is 27.9 Å². The largest absolute Gasteiger partial charge is 0.413 e. The predicted molar refractivity (Wildman–Crippen MR) is 137 cm³/mol. The first-order valence-corrected chi connectivity index (χ1v) is 14.4. The number of sulfone groups is 1. The number of aryl methyl sites for hydroxylation is 1. The zero-order valence-corrected chi connectivity index (χ0v) is 22.4. The number of alkyl halides is 3. The third kappa shape index (κ3) is 4.91. The van der Waals surface area contributed by atoms with Gasteiger partial charge in [0.05, 0.1) is 35.2 Å². The first kappa shape index (κ1) is 27.2. The molecule has 2 aromatic heterocycles. The number of carbonyl (C=O) groups is 1. The number of hydrogen-bond donors (Lipinski definition) is 0. The summed E-state index contributed by atoms with van der Waals surface area (Å²) in [5.41, 5.74) is 0.890. The topological polar surface area (TPSA) is 112 Å². The maximum Gasteiger partial charge on any atom is 0.413 e. The molecule has 1 amide bonds. The average molecular weight is 581 g/mol. The van der Waals surface area contributed by atoms with E-state index < -0.39 is 44.9 Å². The second-order valence-electron chi connectivity index (χ2n) is 9.88. The molecule has 14 heteroatoms. The van der Waals surface area contributed by atoms with Crippen LogP contribution in [0.2, 0.25) is 5.15 Å². The SMILES string of the molecule is CN(C(=O)C1(C#N)CCS(=O)(=O)CC1)[C@@H](c1ccc(N2CCCc3c2cnc2cc(Cl)nn32)cc1)C(F)(F)F. The summed E-state index contributed by atoms with van der Waals surface area (Å²) in [7, 11) is -2.43. The fraction of sp³-hybridized carbons (Fsp3) is 0.440. The molecule has 1 atom stereocenters. The molecule has 5 rings (SSSR count). The number of rotatable bonds is 4. The Morgan fingerprint density at radius 2 is 1.90 bits per heavy atom. The van der Waals surface area contributed by atoms with Gasteiger partial charge < -0.3 is 9.80 Å². The Hall–Kier alpha value is -3.37. The van der Waals surface area contributed by atoms with Gasteiger partial charge in [-0.25, -0.2) is 17.9 Å². The fourth-order valence-corrected chi connectivity index (χ4v) is 7.08. The third-order valence-electron chi connectivity index (χ3n) is 7.46. The molecule has 0 bridgehead atoms. The van der Waals surface area contributed by atoms with Gasteiger partial charge in [-0.2, -0.15) is 23.5 Å². The average Bonchev–Trinajstić information content (AvgIpc) is 3.29. The molecular weight excluding hydrogens is 557 g/mol. The minimum atomic E-state index is -4.84. The lowest BCUT2D eigenvalue weighted by atomic mass is 9.81. The standard InChI is InChI=1S/C25H24ClF3N6O3S/c1-33(23(36)24(15-30)8-11-39(37,38)12-9-24)22(25(27,28)29)16-4-6-17(7-5-16)34-10-2-3-18-19(34)14-31-21-13-20(26)32-35(18)21/h4-7,13-14,22H,2-3,8-12H2,1H3/t22-/m0/s1. The van der Waals surface area contributed by atoms with E-state index >= 15 is 0 Å². The lowest BCUT2D eigenvalue weighted by Gasteiger charge is -2.37. The molecule has 1 aromatic carbocycles. The quantitative estimate of drug-likeness (QED) is 0.453. The Balaban J connectivity index is 1.45. The van der Waals surface area contributed by atoms with Crippen LogP contribution >= 0.6 is 11.6 Å². The Morgan fingerprint density at radius 1 is 1.23 bits per heavy atom. The summed E-state index contributed by atoms with van der Waals surface area (Å²) in [4.78, 5) is 20.1. The number of carbonyl (C=O) groups excluding carboxylic acids is 1. The minimum absolute atomic E-state index is 0.178. The van der Waals surface area contributed by atoms with Crippen molar-refractivity contribution in [1.82, 2.24) is 19.5 Å². The predicted octanol–water partition coefficient (Wildman–Crippen LogP) is 4.25. The highest BCUT2D eigenvalue weighted by atomic mass is 35.5. The van der Waals surface area contributed by atoms with Crippen LogP contribution in [0.25, 0.3) is 5.65 Å². The highest BCUT2D eigenvalue weighted by molar-refractivity contribution is 7.91. The van der Waals surface area contributed by atoms with E-state index in [1.807, 2.05) is 11.0 Å². The zero-order valence-electron chi connectivity index (χ0n) is 20.8. The fourth-order valence-electron chi connectivity index (χ4n) is 5.38. The molecule has 2 aliphatic rings. The molecular formula is C25H24ClF3N6O3S. The highest BCUT2D eigenvalue weighted by Gasteiger charge is 2.51. The van der Waals surface area contributed by atoms with Gasteiger partial charge in [-0.15, -0.1) is 0 Å². The smallest absolute Gasteiger partial charge is 0.339 e. The Kier molecular flexibility index (Phi) is 6.75. The van der Waals surface area contributed by atoms with Crippen molar-refractivity contribution in [2.24, 2.45) is 5.41 Å². The molecule has 0 N–H and O–H groups in total. The van der Waals surface area contributed by atoms with Gasteiger partial charge in [0.1, 0.15) is 15.3 Å². The highest BCUT2D eigenvalue weighted by Crippen LogP contribution is 2.42. The Labute approximate surface area is 227 Å². The van der Waals surface area contributed by atoms with Crippen LogP contribution in [-0.4, -0.2) is 65.1 Å². The van der Waals surface area contributed by atoms with Crippen LogP contribution < -0.4 is 4.90 Å². The van der Waals surface area contributed by atoms with Crippen molar-refractivity contribution in [3.8, 4) is 6.07 Å². The molecule has 1 saturated heterocycles. The van der Waals surface area contributed by atoms with Crippen molar-refractivity contribution in [1.29, 1.82) is 5.26 Å². The van der Waals surface area contributed by atoms with Crippen LogP contribution in [0.4, 0.5) is 24.5 Å². The van der Waals surface area contributed by atoms with E-state index in [-0.39, 0.29) is 18.4 Å². The second-order valence-corrected chi connectivity index (χ2v) is 12.6. The first-order valence-electron chi connectivity index (χ1n) is 12.2. The zero-order chi connectivity index (χ0) is 28.2. The monoisotopic (exact) mass is 580 g/mol. The van der Waals surface area contributed by atoms with Crippen molar-refractivity contribution >= 4 is 44.4 Å². The van der Waals surface area contributed by atoms with E-state index in [9.17, 15) is 31.6 Å². The van der Waals surface area contributed by atoms with E-state index in [1.165, 1.54) is 12.1 Å². The van der Waals surface area contributed by atoms with Gasteiger partial charge in [0.15, 0.2) is 16.8 Å². The summed E-state index contributed by atoms with van der Waals surface area (Å²) < 4.78 is 68.3. The molecule has 0 aliphatic carbocycles. The number of hydrogen-bond acceptors (Lipinski definition) is 7. The first-order chi connectivity index (χ1) is 18.3. The number of fused-ring (bicyclic) bond motifs is 3. The number of halogens is 4. The number of nitrogens with zero attached hydrogens (tertiary/aromatic N) is 6. The molecule has 0 saturated carbocycles. The van der Waals surface area contributed by atoms with Crippen LogP contribution in [0.1, 0.15) is 36.6 Å². The number of aromatic nitrogens is 3. The molecule has 0 unspecified atom stereocenters. The van der Waals surface area contributed by atoms with Gasteiger partial charge in [-0.1, -0.05) is 23.7 Å². The molecule has 206 valence electrons. The molecule has 39 heavy (non-hydrogen) atoms. The summed E-state index contributed by atoms with van der Waals surface area (Å²) in [5, 5.41) is 14.3. The molecule has 0 radical (unpaired) electrons. The van der Waals surface area contributed by atoms with E-state index in [2.05, 4.69) is 10.1 Å². The summed E-state index contributed by atoms with van der Waals surface area (Å²) >= 11 is 6.04. The van der Waals surface area contributed by atoms with Crippen LogP contribution in [0.15, 0.2) is 36.5 Å². The van der Waals surface area contributed by atoms with Crippen molar-refractivity contribution in [3.63, 3.8) is 0 Å². The van der Waals surface area contributed by atoms with Crippen LogP contribution in [0, 0.1) is 16.7 Å². The number of anilines is 2. The molecule has 9 nitrogen and oxygen atoms in total. The van der Waals surface area contributed by atoms with E-state index in [0.717, 1.165) is 31.3 Å². The van der Waals surface area contributed by atoms with Crippen molar-refractivity contribution in [2.45, 2.75) is 37.9 Å². The van der Waals surface area contributed by atoms with Crippen LogP contribution in [0.3, 0.4) is 0 Å². The van der Waals surface area contributed by atoms with E-state index in [4.69, 9.17) is 11.6 Å². The molecule has 0 spiro atoms. The summed E-state index contributed by atoms with van der Waals surface area (Å²) in [6.07, 6.45) is -2.32. The van der Waals surface area contributed by atoms with Crippen LogP contribution in [0.5, 0.6) is 0 Å². The lowest BCUT2D eigenvalue weighted by molar-refractivity contribution is -0.192. The molecule has 2 aliphatic heterocycles. The third-order valence-corrected chi connectivity index (χ3v) is 9.30. The van der Waals surface area contributed by atoms with Gasteiger partial charge in [-0.3, -0.25) is 4.79 Å². The second kappa shape index (κ2) is 9.67. The molecule has 4 heterocycles. The van der Waals surface area contributed by atoms with Crippen molar-refractivity contribution in [3.05, 3.63) is 52.9 Å². The number of nitriles is 1. The summed E-state index contributed by atoms with van der Waals surface area (Å²) in [5.74, 6) is -1.88. The van der Waals surface area contributed by atoms with Gasteiger partial charge in [0.2, 0.25) is 5.91 Å². The van der Waals surface area contributed by atoms with Crippen LogP contribution in [-0.2, 0) is 21.1 Å². The Morgan fingerprint density at radius 3 is 2.51 bits per heavy atom. The lowest BCUT2D eigenvalue weighted by Crippen LogP contribution is -2.49. The maximum atomic E-state index is 14.3. The summed E-state index contributed by atoms with van der Waals surface area (Å²) in [6, 6.07) is 6.87. The maximum absolute atomic E-state index is 14.3. The van der Waals surface area contributed by atoms with Gasteiger partial charge in [-0.05, 0) is 43.4 Å². The summed E-state index contributed by atoms with van der Waals surface area (Å²) in [6.45, 7) is 0.614. The van der Waals surface area contributed by atoms with E-state index in [1.54, 1.807) is 28.9 Å². The van der Waals surface area contributed by atoms with Gasteiger partial charge >= 0.3 is 6.18 Å². The van der Waals surface area contributed by atoms with Gasteiger partial charge in [0.25, 0.3) is 0 Å². The van der Waals surface area contributed by atoms with Crippen molar-refractivity contribution < 1.29 is 26.4 Å². The molecule has 3 aromatic rings. The number of amides is 1. The Bertz CT molecular complexity index is 1570. The normalized spacial score (nSPS) is 19.2.